The van der Waals surface area contributed by atoms with Crippen LogP contribution in [0.3, 0.4) is 0 Å². The standard InChI is InChI=1S/C20H23NO8S2/c1-26-16-6-4-14(8-18(16)27-2)31(24,25)20-11-30(22,23)10-15(20)21-9-13-3-5-17-19(7-13)29-12-28-17/h3-8,15,20-21H,9-12H2,1-2H3/t15-,20-/m0/s1. The zero-order valence-corrected chi connectivity index (χ0v) is 18.7. The van der Waals surface area contributed by atoms with Crippen molar-refractivity contribution in [2.24, 2.45) is 0 Å². The maximum atomic E-state index is 13.3. The second-order valence-electron chi connectivity index (χ2n) is 7.35. The summed E-state index contributed by atoms with van der Waals surface area (Å²) in [5.41, 5.74) is 0.829. The molecule has 0 aromatic heterocycles. The van der Waals surface area contributed by atoms with Gasteiger partial charge in [-0.2, -0.15) is 0 Å². The Morgan fingerprint density at radius 3 is 2.48 bits per heavy atom. The predicted molar refractivity (Wildman–Crippen MR) is 112 cm³/mol. The van der Waals surface area contributed by atoms with Crippen molar-refractivity contribution in [3.8, 4) is 23.0 Å². The van der Waals surface area contributed by atoms with Gasteiger partial charge in [-0.3, -0.25) is 0 Å². The Labute approximate surface area is 181 Å². The predicted octanol–water partition coefficient (Wildman–Crippen LogP) is 1.16. The highest BCUT2D eigenvalue weighted by molar-refractivity contribution is 7.96. The number of sulfone groups is 2. The molecule has 11 heteroatoms. The van der Waals surface area contributed by atoms with E-state index in [9.17, 15) is 16.8 Å². The molecule has 2 heterocycles. The lowest BCUT2D eigenvalue weighted by molar-refractivity contribution is 0.174. The molecule has 2 atom stereocenters. The van der Waals surface area contributed by atoms with Crippen LogP contribution in [0.15, 0.2) is 41.3 Å². The molecule has 1 N–H and O–H groups in total. The van der Waals surface area contributed by atoms with E-state index in [1.54, 1.807) is 12.1 Å². The van der Waals surface area contributed by atoms with E-state index in [1.165, 1.54) is 32.4 Å². The van der Waals surface area contributed by atoms with Crippen molar-refractivity contribution in [2.75, 3.05) is 32.5 Å². The molecule has 0 amide bonds. The topological polar surface area (TPSA) is 117 Å². The number of hydrogen-bond acceptors (Lipinski definition) is 9. The van der Waals surface area contributed by atoms with E-state index >= 15 is 0 Å². The van der Waals surface area contributed by atoms with E-state index in [0.717, 1.165) is 5.56 Å². The maximum absolute atomic E-state index is 13.3. The molecule has 0 saturated carbocycles. The van der Waals surface area contributed by atoms with Gasteiger partial charge in [-0.1, -0.05) is 6.07 Å². The van der Waals surface area contributed by atoms with Crippen LogP contribution in [0.4, 0.5) is 0 Å². The fourth-order valence-corrected chi connectivity index (χ4v) is 8.51. The van der Waals surface area contributed by atoms with Crippen molar-refractivity contribution in [3.05, 3.63) is 42.0 Å². The molecule has 0 unspecified atom stereocenters. The molecule has 31 heavy (non-hydrogen) atoms. The number of rotatable bonds is 7. The van der Waals surface area contributed by atoms with Crippen molar-refractivity contribution in [1.82, 2.24) is 5.32 Å². The fraction of sp³-hybridized carbons (Fsp3) is 0.400. The average Bonchev–Trinajstić information content (AvgIpc) is 3.34. The fourth-order valence-electron chi connectivity index (χ4n) is 3.78. The third kappa shape index (κ3) is 4.30. The molecule has 0 spiro atoms. The number of ether oxygens (including phenoxy) is 4. The van der Waals surface area contributed by atoms with Crippen molar-refractivity contribution in [3.63, 3.8) is 0 Å². The molecule has 0 bridgehead atoms. The van der Waals surface area contributed by atoms with Gasteiger partial charge in [0, 0.05) is 18.7 Å². The highest BCUT2D eigenvalue weighted by Crippen LogP contribution is 2.34. The Hall–Kier alpha value is -2.50. The van der Waals surface area contributed by atoms with Gasteiger partial charge in [0.2, 0.25) is 6.79 Å². The summed E-state index contributed by atoms with van der Waals surface area (Å²) in [5.74, 6) is 1.19. The van der Waals surface area contributed by atoms with Crippen LogP contribution in [0.25, 0.3) is 0 Å². The van der Waals surface area contributed by atoms with E-state index in [0.29, 0.717) is 17.2 Å². The Morgan fingerprint density at radius 1 is 1.00 bits per heavy atom. The molecular weight excluding hydrogens is 446 g/mol. The van der Waals surface area contributed by atoms with Crippen molar-refractivity contribution >= 4 is 19.7 Å². The first kappa shape index (κ1) is 21.7. The summed E-state index contributed by atoms with van der Waals surface area (Å²) >= 11 is 0. The van der Waals surface area contributed by atoms with Gasteiger partial charge in [-0.15, -0.1) is 0 Å². The van der Waals surface area contributed by atoms with Gasteiger partial charge in [0.1, 0.15) is 0 Å². The van der Waals surface area contributed by atoms with E-state index in [-0.39, 0.29) is 29.7 Å². The van der Waals surface area contributed by atoms with Crippen LogP contribution in [0.5, 0.6) is 23.0 Å². The molecule has 0 aliphatic carbocycles. The normalized spacial score (nSPS) is 21.7. The lowest BCUT2D eigenvalue weighted by Gasteiger charge is -2.21. The lowest BCUT2D eigenvalue weighted by Crippen LogP contribution is -2.43. The molecule has 2 aromatic rings. The van der Waals surface area contributed by atoms with Crippen LogP contribution in [-0.4, -0.2) is 60.6 Å². The molecule has 2 aromatic carbocycles. The maximum Gasteiger partial charge on any atom is 0.231 e. The summed E-state index contributed by atoms with van der Waals surface area (Å²) in [6.45, 7) is 0.438. The smallest absolute Gasteiger partial charge is 0.231 e. The van der Waals surface area contributed by atoms with Gasteiger partial charge in [0.15, 0.2) is 42.7 Å². The first-order valence-electron chi connectivity index (χ1n) is 9.52. The van der Waals surface area contributed by atoms with E-state index in [4.69, 9.17) is 18.9 Å². The monoisotopic (exact) mass is 469 g/mol. The summed E-state index contributed by atoms with van der Waals surface area (Å²) in [6, 6.07) is 8.86. The number of fused-ring (bicyclic) bond motifs is 1. The quantitative estimate of drug-likeness (QED) is 0.637. The minimum Gasteiger partial charge on any atom is -0.493 e. The molecule has 168 valence electrons. The third-order valence-corrected chi connectivity index (χ3v) is 9.54. The van der Waals surface area contributed by atoms with Crippen molar-refractivity contribution in [1.29, 1.82) is 0 Å². The van der Waals surface area contributed by atoms with Crippen LogP contribution in [0.2, 0.25) is 0 Å². The zero-order chi connectivity index (χ0) is 22.2. The van der Waals surface area contributed by atoms with Crippen LogP contribution in [-0.2, 0) is 26.2 Å². The minimum absolute atomic E-state index is 0.0119. The van der Waals surface area contributed by atoms with Gasteiger partial charge in [0.25, 0.3) is 0 Å². The lowest BCUT2D eigenvalue weighted by atomic mass is 10.2. The molecule has 0 radical (unpaired) electrons. The summed E-state index contributed by atoms with van der Waals surface area (Å²) < 4.78 is 72.3. The van der Waals surface area contributed by atoms with Gasteiger partial charge in [-0.25, -0.2) is 16.8 Å². The molecule has 9 nitrogen and oxygen atoms in total. The molecule has 1 fully saturated rings. The van der Waals surface area contributed by atoms with Crippen LogP contribution >= 0.6 is 0 Å². The summed E-state index contributed by atoms with van der Waals surface area (Å²) in [7, 11) is -4.62. The Kier molecular flexibility index (Phi) is 5.75. The first-order valence-corrected chi connectivity index (χ1v) is 12.9. The average molecular weight is 470 g/mol. The molecule has 4 rings (SSSR count). The minimum atomic E-state index is -3.95. The Morgan fingerprint density at radius 2 is 1.74 bits per heavy atom. The van der Waals surface area contributed by atoms with Gasteiger partial charge >= 0.3 is 0 Å². The second kappa shape index (κ2) is 8.21. The number of nitrogens with one attached hydrogen (secondary N) is 1. The van der Waals surface area contributed by atoms with Crippen LogP contribution in [0, 0.1) is 0 Å². The largest absolute Gasteiger partial charge is 0.493 e. The zero-order valence-electron chi connectivity index (χ0n) is 17.0. The van der Waals surface area contributed by atoms with Gasteiger partial charge in [-0.05, 0) is 29.8 Å². The van der Waals surface area contributed by atoms with Gasteiger partial charge in [0.05, 0.1) is 35.9 Å². The molecule has 2 aliphatic rings. The van der Waals surface area contributed by atoms with Gasteiger partial charge < -0.3 is 24.3 Å². The number of benzene rings is 2. The molecule has 2 aliphatic heterocycles. The third-order valence-electron chi connectivity index (χ3n) is 5.39. The van der Waals surface area contributed by atoms with E-state index in [2.05, 4.69) is 5.32 Å². The Balaban J connectivity index is 1.58. The number of methoxy groups -OCH3 is 2. The van der Waals surface area contributed by atoms with E-state index < -0.39 is 36.7 Å². The van der Waals surface area contributed by atoms with E-state index in [1.807, 2.05) is 6.07 Å². The highest BCUT2D eigenvalue weighted by atomic mass is 32.2. The van der Waals surface area contributed by atoms with Crippen LogP contribution < -0.4 is 24.3 Å². The Bertz CT molecular complexity index is 1190. The second-order valence-corrected chi connectivity index (χ2v) is 11.7. The summed E-state index contributed by atoms with van der Waals surface area (Å²) in [4.78, 5) is -0.0119. The first-order chi connectivity index (χ1) is 14.7. The number of hydrogen-bond donors (Lipinski definition) is 1. The van der Waals surface area contributed by atoms with Crippen molar-refractivity contribution in [2.45, 2.75) is 22.7 Å². The van der Waals surface area contributed by atoms with Crippen molar-refractivity contribution < 1.29 is 35.8 Å². The van der Waals surface area contributed by atoms with Crippen LogP contribution in [0.1, 0.15) is 5.56 Å². The highest BCUT2D eigenvalue weighted by Gasteiger charge is 2.45. The summed E-state index contributed by atoms with van der Waals surface area (Å²) in [5, 5.41) is 1.99. The SMILES string of the molecule is COc1ccc(S(=O)(=O)[C@H]2CS(=O)(=O)C[C@@H]2NCc2ccc3c(c2)OCO3)cc1OC. The molecular formula is C20H23NO8S2. The summed E-state index contributed by atoms with van der Waals surface area (Å²) in [6.07, 6.45) is 0. The molecule has 1 saturated heterocycles.